The minimum atomic E-state index is 0.922. The molecule has 1 aromatic carbocycles. The van der Waals surface area contributed by atoms with E-state index in [1.54, 1.807) is 11.3 Å². The maximum absolute atomic E-state index is 4.66. The zero-order valence-electron chi connectivity index (χ0n) is 11.5. The summed E-state index contributed by atoms with van der Waals surface area (Å²) < 4.78 is 0. The summed E-state index contributed by atoms with van der Waals surface area (Å²) in [4.78, 5) is 5.98. The van der Waals surface area contributed by atoms with Crippen LogP contribution >= 0.6 is 23.1 Å². The lowest BCUT2D eigenvalue weighted by atomic mass is 10.2. The highest BCUT2D eigenvalue weighted by molar-refractivity contribution is 7.98. The number of thiazole rings is 1. The van der Waals surface area contributed by atoms with Crippen molar-refractivity contribution < 1.29 is 0 Å². The smallest absolute Gasteiger partial charge is 0.0928 e. The van der Waals surface area contributed by atoms with E-state index in [0.717, 1.165) is 18.7 Å². The number of aromatic nitrogens is 1. The lowest BCUT2D eigenvalue weighted by Gasteiger charge is -2.03. The van der Waals surface area contributed by atoms with Crippen LogP contribution in [0.2, 0.25) is 0 Å². The van der Waals surface area contributed by atoms with Gasteiger partial charge in [0.1, 0.15) is 0 Å². The molecule has 0 fully saturated rings. The molecule has 2 rings (SSSR count). The number of hydrogen-bond acceptors (Lipinski definition) is 4. The highest BCUT2D eigenvalue weighted by Gasteiger charge is 2.03. The molecule has 1 aromatic heterocycles. The molecule has 0 aliphatic carbocycles. The monoisotopic (exact) mass is 292 g/mol. The van der Waals surface area contributed by atoms with E-state index in [9.17, 15) is 0 Å². The molecule has 4 heteroatoms. The minimum Gasteiger partial charge on any atom is -0.316 e. The Labute approximate surface area is 123 Å². The molecule has 0 aliphatic rings. The van der Waals surface area contributed by atoms with Crippen LogP contribution in [0.25, 0.3) is 0 Å². The van der Waals surface area contributed by atoms with Crippen molar-refractivity contribution in [3.63, 3.8) is 0 Å². The van der Waals surface area contributed by atoms with Gasteiger partial charge in [-0.05, 0) is 37.6 Å². The average molecular weight is 292 g/mol. The molecule has 0 radical (unpaired) electrons. The van der Waals surface area contributed by atoms with E-state index in [2.05, 4.69) is 46.9 Å². The van der Waals surface area contributed by atoms with Gasteiger partial charge in [-0.25, -0.2) is 4.98 Å². The van der Waals surface area contributed by atoms with Crippen LogP contribution in [0.5, 0.6) is 0 Å². The van der Waals surface area contributed by atoms with Gasteiger partial charge in [-0.3, -0.25) is 0 Å². The molecule has 0 saturated heterocycles. The van der Waals surface area contributed by atoms with Crippen molar-refractivity contribution in [3.8, 4) is 0 Å². The lowest BCUT2D eigenvalue weighted by Crippen LogP contribution is -2.04. The largest absolute Gasteiger partial charge is 0.316 e. The zero-order chi connectivity index (χ0) is 13.5. The number of hydrogen-bond donors (Lipinski definition) is 1. The Morgan fingerprint density at radius 3 is 3.05 bits per heavy atom. The van der Waals surface area contributed by atoms with Gasteiger partial charge in [-0.1, -0.05) is 19.1 Å². The normalized spacial score (nSPS) is 10.8. The summed E-state index contributed by atoms with van der Waals surface area (Å²) in [6.07, 6.45) is 2.28. The van der Waals surface area contributed by atoms with Crippen LogP contribution in [-0.2, 0) is 18.7 Å². The summed E-state index contributed by atoms with van der Waals surface area (Å²) >= 11 is 3.65. The fourth-order valence-corrected chi connectivity index (χ4v) is 3.73. The molecule has 1 N–H and O–H groups in total. The first-order chi connectivity index (χ1) is 9.31. The standard InChI is InChI=1S/C15H20N2S2/c1-3-5-15-17-13(11-19-15)10-18-14-7-4-6-12(8-14)9-16-2/h4,6-8,11,16H,3,5,9-10H2,1-2H3. The predicted octanol–water partition coefficient (Wildman–Crippen LogP) is 4.11. The highest BCUT2D eigenvalue weighted by Crippen LogP contribution is 2.24. The second kappa shape index (κ2) is 7.68. The van der Waals surface area contributed by atoms with Gasteiger partial charge in [0, 0.05) is 22.6 Å². The number of benzene rings is 1. The SMILES string of the molecule is CCCc1nc(CSc2cccc(CNC)c2)cs1. The average Bonchev–Trinajstić information content (AvgIpc) is 2.86. The topological polar surface area (TPSA) is 24.9 Å². The number of nitrogens with one attached hydrogen (secondary N) is 1. The van der Waals surface area contributed by atoms with Gasteiger partial charge in [0.25, 0.3) is 0 Å². The molecule has 2 nitrogen and oxygen atoms in total. The van der Waals surface area contributed by atoms with E-state index < -0.39 is 0 Å². The van der Waals surface area contributed by atoms with E-state index in [4.69, 9.17) is 0 Å². The Morgan fingerprint density at radius 1 is 1.37 bits per heavy atom. The second-order valence-corrected chi connectivity index (χ2v) is 6.44. The molecule has 0 saturated carbocycles. The third-order valence-corrected chi connectivity index (χ3v) is 4.71. The van der Waals surface area contributed by atoms with Crippen molar-refractivity contribution in [1.82, 2.24) is 10.3 Å². The highest BCUT2D eigenvalue weighted by atomic mass is 32.2. The van der Waals surface area contributed by atoms with Gasteiger partial charge in [-0.2, -0.15) is 0 Å². The summed E-state index contributed by atoms with van der Waals surface area (Å²) in [5, 5.41) is 6.64. The van der Waals surface area contributed by atoms with Gasteiger partial charge >= 0.3 is 0 Å². The van der Waals surface area contributed by atoms with Crippen LogP contribution in [0.4, 0.5) is 0 Å². The first-order valence-corrected chi connectivity index (χ1v) is 8.48. The Bertz CT molecular complexity index is 508. The van der Waals surface area contributed by atoms with Crippen LogP contribution in [0.3, 0.4) is 0 Å². The molecule has 0 unspecified atom stereocenters. The Kier molecular flexibility index (Phi) is 5.89. The van der Waals surface area contributed by atoms with Crippen molar-refractivity contribution in [2.75, 3.05) is 7.05 Å². The molecular weight excluding hydrogens is 272 g/mol. The first-order valence-electron chi connectivity index (χ1n) is 6.61. The van der Waals surface area contributed by atoms with Crippen molar-refractivity contribution in [3.05, 3.63) is 45.9 Å². The van der Waals surface area contributed by atoms with Gasteiger partial charge in [0.05, 0.1) is 10.7 Å². The van der Waals surface area contributed by atoms with Crippen molar-refractivity contribution in [2.45, 2.75) is 37.0 Å². The van der Waals surface area contributed by atoms with Crippen molar-refractivity contribution >= 4 is 23.1 Å². The van der Waals surface area contributed by atoms with E-state index in [1.165, 1.54) is 27.6 Å². The summed E-state index contributed by atoms with van der Waals surface area (Å²) in [6.45, 7) is 3.12. The van der Waals surface area contributed by atoms with Gasteiger partial charge in [-0.15, -0.1) is 23.1 Å². The van der Waals surface area contributed by atoms with Crippen LogP contribution in [0.1, 0.15) is 29.6 Å². The molecule has 1 heterocycles. The number of thioether (sulfide) groups is 1. The summed E-state index contributed by atoms with van der Waals surface area (Å²) in [6, 6.07) is 8.70. The number of nitrogens with zero attached hydrogens (tertiary/aromatic N) is 1. The zero-order valence-corrected chi connectivity index (χ0v) is 13.1. The van der Waals surface area contributed by atoms with Crippen molar-refractivity contribution in [1.29, 1.82) is 0 Å². The molecular formula is C15H20N2S2. The van der Waals surface area contributed by atoms with E-state index >= 15 is 0 Å². The molecule has 102 valence electrons. The quantitative estimate of drug-likeness (QED) is 0.777. The van der Waals surface area contributed by atoms with Gasteiger partial charge in [0.2, 0.25) is 0 Å². The van der Waals surface area contributed by atoms with Crippen LogP contribution in [-0.4, -0.2) is 12.0 Å². The second-order valence-electron chi connectivity index (χ2n) is 4.45. The van der Waals surface area contributed by atoms with Crippen LogP contribution in [0, 0.1) is 0 Å². The molecule has 0 bridgehead atoms. The Balaban J connectivity index is 1.91. The number of rotatable bonds is 7. The Hall–Kier alpha value is -0.840. The molecule has 0 spiro atoms. The van der Waals surface area contributed by atoms with Crippen molar-refractivity contribution in [2.24, 2.45) is 0 Å². The van der Waals surface area contributed by atoms with Gasteiger partial charge in [0.15, 0.2) is 0 Å². The third-order valence-electron chi connectivity index (χ3n) is 2.73. The predicted molar refractivity (Wildman–Crippen MR) is 84.9 cm³/mol. The maximum Gasteiger partial charge on any atom is 0.0928 e. The minimum absolute atomic E-state index is 0.922. The van der Waals surface area contributed by atoms with Crippen LogP contribution < -0.4 is 5.32 Å². The third kappa shape index (κ3) is 4.64. The van der Waals surface area contributed by atoms with E-state index in [-0.39, 0.29) is 0 Å². The van der Waals surface area contributed by atoms with E-state index in [0.29, 0.717) is 0 Å². The molecule has 0 atom stereocenters. The summed E-state index contributed by atoms with van der Waals surface area (Å²) in [5.74, 6) is 0.962. The lowest BCUT2D eigenvalue weighted by molar-refractivity contribution is 0.815. The van der Waals surface area contributed by atoms with Crippen LogP contribution in [0.15, 0.2) is 34.5 Å². The fraction of sp³-hybridized carbons (Fsp3) is 0.400. The summed E-state index contributed by atoms with van der Waals surface area (Å²) in [7, 11) is 1.98. The number of aryl methyl sites for hydroxylation is 1. The summed E-state index contributed by atoms with van der Waals surface area (Å²) in [5.41, 5.74) is 2.54. The molecule has 0 aliphatic heterocycles. The molecule has 0 amide bonds. The van der Waals surface area contributed by atoms with E-state index in [1.807, 2.05) is 18.8 Å². The molecule has 2 aromatic rings. The fourth-order valence-electron chi connectivity index (χ4n) is 1.85. The Morgan fingerprint density at radius 2 is 2.26 bits per heavy atom. The van der Waals surface area contributed by atoms with Gasteiger partial charge < -0.3 is 5.32 Å². The first kappa shape index (κ1) is 14.6. The molecule has 19 heavy (non-hydrogen) atoms. The maximum atomic E-state index is 4.66.